The Bertz CT molecular complexity index is 332. The molecule has 1 N–H and O–H groups in total. The predicted molar refractivity (Wildman–Crippen MR) is 73.1 cm³/mol. The Kier molecular flexibility index (Phi) is 4.24. The zero-order chi connectivity index (χ0) is 11.4. The van der Waals surface area contributed by atoms with Gasteiger partial charge in [0.1, 0.15) is 0 Å². The number of benzene rings is 1. The molecule has 0 saturated carbocycles. The van der Waals surface area contributed by atoms with Gasteiger partial charge in [0, 0.05) is 29.3 Å². The van der Waals surface area contributed by atoms with E-state index in [1.807, 2.05) is 0 Å². The van der Waals surface area contributed by atoms with E-state index in [1.54, 1.807) is 0 Å². The molecule has 1 aliphatic heterocycles. The Balaban J connectivity index is 1.94. The highest BCUT2D eigenvalue weighted by atomic mass is 79.9. The summed E-state index contributed by atoms with van der Waals surface area (Å²) in [5.41, 5.74) is 1.34. The number of hydrogen-bond donors (Lipinski definition) is 1. The molecular formula is C13H19BrN2. The second-order valence-corrected chi connectivity index (χ2v) is 5.21. The monoisotopic (exact) mass is 282 g/mol. The minimum absolute atomic E-state index is 0.716. The number of halogens is 1. The van der Waals surface area contributed by atoms with Gasteiger partial charge in [0.05, 0.1) is 0 Å². The third-order valence-electron chi connectivity index (χ3n) is 3.16. The summed E-state index contributed by atoms with van der Waals surface area (Å²) >= 11 is 3.53. The van der Waals surface area contributed by atoms with E-state index in [0.29, 0.717) is 6.04 Å². The van der Waals surface area contributed by atoms with Crippen LogP contribution in [0.5, 0.6) is 0 Å². The van der Waals surface area contributed by atoms with Crippen LogP contribution in [0.1, 0.15) is 19.8 Å². The maximum atomic E-state index is 3.53. The van der Waals surface area contributed by atoms with Gasteiger partial charge < -0.3 is 10.2 Å². The fourth-order valence-corrected chi connectivity index (χ4v) is 2.69. The number of nitrogens with zero attached hydrogens (tertiary/aromatic N) is 1. The molecule has 0 spiro atoms. The van der Waals surface area contributed by atoms with Crippen molar-refractivity contribution in [2.45, 2.75) is 25.8 Å². The Morgan fingerprint density at radius 3 is 2.75 bits per heavy atom. The number of anilines is 1. The molecule has 0 bridgehead atoms. The molecule has 16 heavy (non-hydrogen) atoms. The Morgan fingerprint density at radius 1 is 1.38 bits per heavy atom. The maximum Gasteiger partial charge on any atom is 0.0377 e. The highest BCUT2D eigenvalue weighted by molar-refractivity contribution is 9.10. The summed E-state index contributed by atoms with van der Waals surface area (Å²) in [6.45, 7) is 5.59. The summed E-state index contributed by atoms with van der Waals surface area (Å²) in [5.74, 6) is 0. The lowest BCUT2D eigenvalue weighted by atomic mass is 10.0. The van der Waals surface area contributed by atoms with E-state index in [4.69, 9.17) is 0 Å². The molecule has 2 rings (SSSR count). The van der Waals surface area contributed by atoms with Crippen LogP contribution >= 0.6 is 15.9 Å². The van der Waals surface area contributed by atoms with E-state index in [1.165, 1.54) is 23.0 Å². The minimum atomic E-state index is 0.716. The van der Waals surface area contributed by atoms with Crippen LogP contribution in [0.25, 0.3) is 0 Å². The zero-order valence-corrected chi connectivity index (χ0v) is 11.3. The average Bonchev–Trinajstić information content (AvgIpc) is 2.30. The van der Waals surface area contributed by atoms with Gasteiger partial charge >= 0.3 is 0 Å². The van der Waals surface area contributed by atoms with Gasteiger partial charge in [-0.15, -0.1) is 0 Å². The van der Waals surface area contributed by atoms with Gasteiger partial charge in [-0.05, 0) is 37.6 Å². The molecule has 2 nitrogen and oxygen atoms in total. The van der Waals surface area contributed by atoms with Crippen molar-refractivity contribution in [3.8, 4) is 0 Å². The van der Waals surface area contributed by atoms with E-state index in [9.17, 15) is 0 Å². The van der Waals surface area contributed by atoms with E-state index >= 15 is 0 Å². The van der Waals surface area contributed by atoms with Gasteiger partial charge in [-0.25, -0.2) is 0 Å². The normalized spacial score (nSPS) is 17.8. The molecule has 1 aromatic carbocycles. The van der Waals surface area contributed by atoms with Crippen molar-refractivity contribution in [1.82, 2.24) is 5.32 Å². The molecule has 0 aromatic heterocycles. The largest absolute Gasteiger partial charge is 0.371 e. The molecule has 3 heteroatoms. The van der Waals surface area contributed by atoms with Crippen LogP contribution in [0.15, 0.2) is 28.7 Å². The van der Waals surface area contributed by atoms with Crippen molar-refractivity contribution in [3.63, 3.8) is 0 Å². The van der Waals surface area contributed by atoms with Crippen molar-refractivity contribution in [1.29, 1.82) is 0 Å². The van der Waals surface area contributed by atoms with Crippen LogP contribution in [-0.2, 0) is 0 Å². The smallest absolute Gasteiger partial charge is 0.0377 e. The van der Waals surface area contributed by atoms with Crippen LogP contribution in [-0.4, -0.2) is 25.7 Å². The molecular weight excluding hydrogens is 264 g/mol. The number of rotatable bonds is 3. The molecule has 0 aliphatic carbocycles. The molecule has 0 atom stereocenters. The summed E-state index contributed by atoms with van der Waals surface area (Å²) in [6.07, 6.45) is 2.50. The van der Waals surface area contributed by atoms with Crippen molar-refractivity contribution in [3.05, 3.63) is 28.7 Å². The van der Waals surface area contributed by atoms with Crippen LogP contribution < -0.4 is 10.2 Å². The van der Waals surface area contributed by atoms with Gasteiger partial charge in [-0.3, -0.25) is 0 Å². The van der Waals surface area contributed by atoms with Crippen LogP contribution in [0.4, 0.5) is 5.69 Å². The van der Waals surface area contributed by atoms with Crippen molar-refractivity contribution >= 4 is 21.6 Å². The number of hydrogen-bond acceptors (Lipinski definition) is 2. The lowest BCUT2D eigenvalue weighted by molar-refractivity contribution is 0.424. The fourth-order valence-electron chi connectivity index (χ4n) is 2.30. The molecule has 1 aromatic rings. The molecule has 0 radical (unpaired) electrons. The summed E-state index contributed by atoms with van der Waals surface area (Å²) in [6, 6.07) is 9.30. The van der Waals surface area contributed by atoms with Crippen LogP contribution in [0, 0.1) is 0 Å². The summed E-state index contributed by atoms with van der Waals surface area (Å²) < 4.78 is 1.17. The first-order valence-corrected chi connectivity index (χ1v) is 6.83. The SMILES string of the molecule is CCNC1CCN(c2cccc(Br)c2)CC1. The number of piperidine rings is 1. The molecule has 1 heterocycles. The third-order valence-corrected chi connectivity index (χ3v) is 3.65. The first-order valence-electron chi connectivity index (χ1n) is 6.03. The minimum Gasteiger partial charge on any atom is -0.371 e. The molecule has 0 unspecified atom stereocenters. The van der Waals surface area contributed by atoms with Gasteiger partial charge in [0.25, 0.3) is 0 Å². The van der Waals surface area contributed by atoms with Crippen molar-refractivity contribution in [2.75, 3.05) is 24.5 Å². The maximum absolute atomic E-state index is 3.53. The van der Waals surface area contributed by atoms with E-state index < -0.39 is 0 Å². The lowest BCUT2D eigenvalue weighted by Crippen LogP contribution is -2.42. The summed E-state index contributed by atoms with van der Waals surface area (Å²) in [5, 5.41) is 3.53. The first-order chi connectivity index (χ1) is 7.79. The van der Waals surface area contributed by atoms with E-state index in [-0.39, 0.29) is 0 Å². The Hall–Kier alpha value is -0.540. The topological polar surface area (TPSA) is 15.3 Å². The van der Waals surface area contributed by atoms with Gasteiger partial charge in [-0.1, -0.05) is 28.9 Å². The Labute approximate surface area is 106 Å². The molecule has 1 saturated heterocycles. The van der Waals surface area contributed by atoms with E-state index in [2.05, 4.69) is 57.3 Å². The van der Waals surface area contributed by atoms with Crippen molar-refractivity contribution in [2.24, 2.45) is 0 Å². The van der Waals surface area contributed by atoms with Gasteiger partial charge in [0.15, 0.2) is 0 Å². The lowest BCUT2D eigenvalue weighted by Gasteiger charge is -2.34. The third kappa shape index (κ3) is 2.98. The summed E-state index contributed by atoms with van der Waals surface area (Å²) in [4.78, 5) is 2.47. The highest BCUT2D eigenvalue weighted by Gasteiger charge is 2.18. The van der Waals surface area contributed by atoms with E-state index in [0.717, 1.165) is 19.6 Å². The predicted octanol–water partition coefficient (Wildman–Crippen LogP) is 3.03. The molecule has 1 fully saturated rings. The standard InChI is InChI=1S/C13H19BrN2/c1-2-15-12-6-8-16(9-7-12)13-5-3-4-11(14)10-13/h3-5,10,12,15H,2,6-9H2,1H3. The highest BCUT2D eigenvalue weighted by Crippen LogP contribution is 2.23. The first kappa shape index (κ1) is 11.9. The fraction of sp³-hybridized carbons (Fsp3) is 0.538. The Morgan fingerprint density at radius 2 is 2.12 bits per heavy atom. The van der Waals surface area contributed by atoms with Crippen molar-refractivity contribution < 1.29 is 0 Å². The van der Waals surface area contributed by atoms with Crippen LogP contribution in [0.2, 0.25) is 0 Å². The summed E-state index contributed by atoms with van der Waals surface area (Å²) in [7, 11) is 0. The quantitative estimate of drug-likeness (QED) is 0.917. The molecule has 0 amide bonds. The van der Waals surface area contributed by atoms with Gasteiger partial charge in [-0.2, -0.15) is 0 Å². The van der Waals surface area contributed by atoms with Crippen LogP contribution in [0.3, 0.4) is 0 Å². The average molecular weight is 283 g/mol. The molecule has 1 aliphatic rings. The second kappa shape index (κ2) is 5.69. The van der Waals surface area contributed by atoms with Gasteiger partial charge in [0.2, 0.25) is 0 Å². The number of nitrogens with one attached hydrogen (secondary N) is 1. The zero-order valence-electron chi connectivity index (χ0n) is 9.75. The molecule has 88 valence electrons. The second-order valence-electron chi connectivity index (χ2n) is 4.30.